The summed E-state index contributed by atoms with van der Waals surface area (Å²) in [6, 6.07) is 14.7. The Labute approximate surface area is 180 Å². The molecule has 3 rings (SSSR count). The standard InChI is InChI=1S/C20H23N5O3S2/c1-3-25-18(22-23-20(25)29)13-14-21-19(26)15-9-11-17(12-10-15)30(27,28)24(2)16-7-5-4-6-8-16/h4-12H,3,13-14H2,1-2H3,(H,21,26)(H,23,29). The monoisotopic (exact) mass is 445 g/mol. The van der Waals surface area contributed by atoms with Crippen LogP contribution in [0.1, 0.15) is 23.1 Å². The quantitative estimate of drug-likeness (QED) is 0.520. The summed E-state index contributed by atoms with van der Waals surface area (Å²) in [5.41, 5.74) is 0.940. The lowest BCUT2D eigenvalue weighted by Gasteiger charge is -2.19. The second-order valence-electron chi connectivity index (χ2n) is 6.53. The van der Waals surface area contributed by atoms with Crippen molar-refractivity contribution in [2.24, 2.45) is 0 Å². The van der Waals surface area contributed by atoms with Gasteiger partial charge < -0.3 is 9.88 Å². The van der Waals surface area contributed by atoms with E-state index in [2.05, 4.69) is 15.5 Å². The van der Waals surface area contributed by atoms with Crippen molar-refractivity contribution in [3.63, 3.8) is 0 Å². The lowest BCUT2D eigenvalue weighted by Crippen LogP contribution is -2.27. The van der Waals surface area contributed by atoms with Crippen LogP contribution in [-0.4, -0.2) is 42.7 Å². The zero-order chi connectivity index (χ0) is 21.7. The number of carbonyl (C=O) groups is 1. The Hall–Kier alpha value is -2.98. The topological polar surface area (TPSA) is 100 Å². The van der Waals surface area contributed by atoms with Gasteiger partial charge in [-0.05, 0) is 55.5 Å². The molecule has 0 aliphatic heterocycles. The highest BCUT2D eigenvalue weighted by Crippen LogP contribution is 2.21. The Morgan fingerprint density at radius 3 is 2.47 bits per heavy atom. The first kappa shape index (κ1) is 21.7. The maximum atomic E-state index is 12.8. The number of aromatic amines is 1. The van der Waals surface area contributed by atoms with E-state index >= 15 is 0 Å². The maximum absolute atomic E-state index is 12.8. The van der Waals surface area contributed by atoms with Crippen LogP contribution in [-0.2, 0) is 23.0 Å². The molecule has 0 aliphatic carbocycles. The molecule has 1 heterocycles. The van der Waals surface area contributed by atoms with Crippen LogP contribution in [0.3, 0.4) is 0 Å². The summed E-state index contributed by atoms with van der Waals surface area (Å²) in [5, 5.41) is 9.72. The van der Waals surface area contributed by atoms with E-state index in [0.717, 1.165) is 5.82 Å². The molecule has 10 heteroatoms. The number of nitrogens with zero attached hydrogens (tertiary/aromatic N) is 3. The van der Waals surface area contributed by atoms with Gasteiger partial charge in [0.15, 0.2) is 4.77 Å². The van der Waals surface area contributed by atoms with E-state index in [-0.39, 0.29) is 10.8 Å². The molecular weight excluding hydrogens is 422 g/mol. The van der Waals surface area contributed by atoms with Crippen molar-refractivity contribution < 1.29 is 13.2 Å². The highest BCUT2D eigenvalue weighted by molar-refractivity contribution is 7.92. The lowest BCUT2D eigenvalue weighted by molar-refractivity contribution is 0.0954. The molecule has 0 spiro atoms. The molecule has 1 amide bonds. The molecule has 0 bridgehead atoms. The van der Waals surface area contributed by atoms with Gasteiger partial charge in [-0.15, -0.1) is 0 Å². The number of anilines is 1. The molecule has 0 radical (unpaired) electrons. The maximum Gasteiger partial charge on any atom is 0.264 e. The van der Waals surface area contributed by atoms with E-state index in [9.17, 15) is 13.2 Å². The number of para-hydroxylation sites is 1. The van der Waals surface area contributed by atoms with Gasteiger partial charge in [0.1, 0.15) is 5.82 Å². The Kier molecular flexibility index (Phi) is 6.68. The Balaban J connectivity index is 1.64. The molecule has 2 N–H and O–H groups in total. The molecule has 8 nitrogen and oxygen atoms in total. The average Bonchev–Trinajstić information content (AvgIpc) is 3.13. The van der Waals surface area contributed by atoms with Gasteiger partial charge in [-0.25, -0.2) is 8.42 Å². The number of hydrogen-bond acceptors (Lipinski definition) is 5. The highest BCUT2D eigenvalue weighted by atomic mass is 32.2. The van der Waals surface area contributed by atoms with Crippen molar-refractivity contribution in [3.8, 4) is 0 Å². The first-order valence-corrected chi connectivity index (χ1v) is 11.3. The molecule has 0 saturated carbocycles. The number of carbonyl (C=O) groups excluding carboxylic acids is 1. The fourth-order valence-corrected chi connectivity index (χ4v) is 4.45. The molecular formula is C20H23N5O3S2. The van der Waals surface area contributed by atoms with Gasteiger partial charge in [0, 0.05) is 32.1 Å². The van der Waals surface area contributed by atoms with Gasteiger partial charge in [-0.1, -0.05) is 18.2 Å². The van der Waals surface area contributed by atoms with Gasteiger partial charge in [-0.2, -0.15) is 5.10 Å². The zero-order valence-corrected chi connectivity index (χ0v) is 18.3. The molecule has 30 heavy (non-hydrogen) atoms. The second kappa shape index (κ2) is 9.23. The zero-order valence-electron chi connectivity index (χ0n) is 16.7. The molecule has 0 fully saturated rings. The number of rotatable bonds is 8. The van der Waals surface area contributed by atoms with Crippen LogP contribution in [0.25, 0.3) is 0 Å². The molecule has 1 aromatic heterocycles. The first-order chi connectivity index (χ1) is 14.3. The molecule has 0 aliphatic rings. The van der Waals surface area contributed by atoms with Crippen molar-refractivity contribution >= 4 is 33.8 Å². The lowest BCUT2D eigenvalue weighted by atomic mass is 10.2. The highest BCUT2D eigenvalue weighted by Gasteiger charge is 2.21. The fraction of sp³-hybridized carbons (Fsp3) is 0.250. The van der Waals surface area contributed by atoms with E-state index in [0.29, 0.717) is 35.5 Å². The van der Waals surface area contributed by atoms with Gasteiger partial charge in [0.05, 0.1) is 10.6 Å². The Bertz CT molecular complexity index is 1170. The third-order valence-corrected chi connectivity index (χ3v) is 6.79. The van der Waals surface area contributed by atoms with Crippen LogP contribution < -0.4 is 9.62 Å². The van der Waals surface area contributed by atoms with Gasteiger partial charge in [-0.3, -0.25) is 14.2 Å². The van der Waals surface area contributed by atoms with Crippen molar-refractivity contribution in [1.82, 2.24) is 20.1 Å². The number of hydrogen-bond donors (Lipinski definition) is 2. The van der Waals surface area contributed by atoms with Crippen LogP contribution in [0.4, 0.5) is 5.69 Å². The summed E-state index contributed by atoms with van der Waals surface area (Å²) in [6.07, 6.45) is 0.529. The van der Waals surface area contributed by atoms with Crippen molar-refractivity contribution in [3.05, 3.63) is 70.8 Å². The smallest absolute Gasteiger partial charge is 0.264 e. The first-order valence-electron chi connectivity index (χ1n) is 9.41. The van der Waals surface area contributed by atoms with Crippen LogP contribution in [0.5, 0.6) is 0 Å². The molecule has 0 atom stereocenters. The minimum atomic E-state index is -3.72. The summed E-state index contributed by atoms with van der Waals surface area (Å²) in [6.45, 7) is 3.06. The molecule has 0 unspecified atom stereocenters. The van der Waals surface area contributed by atoms with Gasteiger partial charge in [0.2, 0.25) is 0 Å². The van der Waals surface area contributed by atoms with Crippen LogP contribution in [0.2, 0.25) is 0 Å². The molecule has 3 aromatic rings. The van der Waals surface area contributed by atoms with Gasteiger partial charge in [0.25, 0.3) is 15.9 Å². The summed E-state index contributed by atoms with van der Waals surface area (Å²) in [7, 11) is -2.22. The van der Waals surface area contributed by atoms with Crippen molar-refractivity contribution in [2.75, 3.05) is 17.9 Å². The summed E-state index contributed by atoms with van der Waals surface area (Å²) < 4.78 is 29.2. The number of nitrogens with one attached hydrogen (secondary N) is 2. The minimum Gasteiger partial charge on any atom is -0.352 e. The number of benzene rings is 2. The van der Waals surface area contributed by atoms with E-state index < -0.39 is 10.0 Å². The molecule has 158 valence electrons. The van der Waals surface area contributed by atoms with Crippen LogP contribution in [0.15, 0.2) is 59.5 Å². The minimum absolute atomic E-state index is 0.115. The number of sulfonamides is 1. The van der Waals surface area contributed by atoms with E-state index in [1.54, 1.807) is 24.3 Å². The van der Waals surface area contributed by atoms with Crippen molar-refractivity contribution in [2.45, 2.75) is 24.8 Å². The van der Waals surface area contributed by atoms with Crippen LogP contribution >= 0.6 is 12.2 Å². The molecule has 0 saturated heterocycles. The normalized spacial score (nSPS) is 11.3. The number of aromatic nitrogens is 3. The summed E-state index contributed by atoms with van der Waals surface area (Å²) in [4.78, 5) is 12.5. The third-order valence-electron chi connectivity index (χ3n) is 4.68. The Morgan fingerprint density at radius 1 is 1.17 bits per heavy atom. The Morgan fingerprint density at radius 2 is 1.83 bits per heavy atom. The average molecular weight is 446 g/mol. The van der Waals surface area contributed by atoms with E-state index in [1.807, 2.05) is 17.6 Å². The summed E-state index contributed by atoms with van der Waals surface area (Å²) >= 11 is 5.15. The van der Waals surface area contributed by atoms with E-state index in [1.165, 1.54) is 35.6 Å². The summed E-state index contributed by atoms with van der Waals surface area (Å²) in [5.74, 6) is 0.487. The largest absolute Gasteiger partial charge is 0.352 e. The fourth-order valence-electron chi connectivity index (χ4n) is 2.97. The number of amides is 1. The number of H-pyrrole nitrogens is 1. The van der Waals surface area contributed by atoms with Crippen molar-refractivity contribution in [1.29, 1.82) is 0 Å². The van der Waals surface area contributed by atoms with E-state index in [4.69, 9.17) is 12.2 Å². The molecule has 2 aromatic carbocycles. The third kappa shape index (κ3) is 4.60. The predicted molar refractivity (Wildman–Crippen MR) is 118 cm³/mol. The van der Waals surface area contributed by atoms with Crippen LogP contribution in [0, 0.1) is 4.77 Å². The SMILES string of the molecule is CCn1c(CCNC(=O)c2ccc(S(=O)(=O)N(C)c3ccccc3)cc2)n[nH]c1=S. The second-order valence-corrected chi connectivity index (χ2v) is 8.88. The van der Waals surface area contributed by atoms with Gasteiger partial charge >= 0.3 is 0 Å². The predicted octanol–water partition coefficient (Wildman–Crippen LogP) is 2.76.